The molecule has 3 rings (SSSR count). The molecule has 2 unspecified atom stereocenters. The van der Waals surface area contributed by atoms with Crippen LogP contribution in [0.1, 0.15) is 63.7 Å². The molecule has 1 heterocycles. The van der Waals surface area contributed by atoms with Gasteiger partial charge >= 0.3 is 0 Å². The van der Waals surface area contributed by atoms with Crippen LogP contribution < -0.4 is 0 Å². The molecule has 1 saturated carbocycles. The Morgan fingerprint density at radius 2 is 2.00 bits per heavy atom. The van der Waals surface area contributed by atoms with Gasteiger partial charge in [0.2, 0.25) is 0 Å². The quantitative estimate of drug-likeness (QED) is 0.608. The van der Waals surface area contributed by atoms with Crippen LogP contribution in [-0.4, -0.2) is 5.60 Å². The van der Waals surface area contributed by atoms with E-state index in [-0.39, 0.29) is 11.7 Å². The number of allylic oxidation sites excluding steroid dienone is 1. The highest BCUT2D eigenvalue weighted by Gasteiger charge is 2.48. The molecule has 1 saturated heterocycles. The van der Waals surface area contributed by atoms with Gasteiger partial charge in [0, 0.05) is 5.92 Å². The average Bonchev–Trinajstić information content (AvgIpc) is 2.52. The van der Waals surface area contributed by atoms with E-state index < -0.39 is 0 Å². The Kier molecular flexibility index (Phi) is 4.51. The summed E-state index contributed by atoms with van der Waals surface area (Å²) in [5, 5.41) is 0. The number of fused-ring (bicyclic) bond motifs is 2. The fraction of sp³-hybridized carbons (Fsp3) is 0.545. The van der Waals surface area contributed by atoms with Gasteiger partial charge in [0.15, 0.2) is 0 Å². The molecule has 1 aromatic carbocycles. The molecular weight excluding hydrogens is 280 g/mol. The van der Waals surface area contributed by atoms with Gasteiger partial charge in [-0.2, -0.15) is 0 Å². The molecule has 0 spiro atoms. The molecule has 2 aliphatic rings. The number of hydrogen-bond acceptors (Lipinski definition) is 1. The second-order valence-corrected chi connectivity index (χ2v) is 7.98. The summed E-state index contributed by atoms with van der Waals surface area (Å²) in [4.78, 5) is 0. The number of aryl methyl sites for hydroxylation is 1. The second-order valence-electron chi connectivity index (χ2n) is 7.98. The summed E-state index contributed by atoms with van der Waals surface area (Å²) in [7, 11) is 0. The van der Waals surface area contributed by atoms with Gasteiger partial charge in [-0.05, 0) is 64.9 Å². The first-order chi connectivity index (χ1) is 10.9. The van der Waals surface area contributed by atoms with Crippen LogP contribution in [0.15, 0.2) is 48.1 Å². The molecular formula is C22H30O. The van der Waals surface area contributed by atoms with Crippen LogP contribution >= 0.6 is 0 Å². The Morgan fingerprint density at radius 3 is 2.65 bits per heavy atom. The molecule has 1 aliphatic carbocycles. The van der Waals surface area contributed by atoms with Crippen LogP contribution in [-0.2, 0) is 4.74 Å². The summed E-state index contributed by atoms with van der Waals surface area (Å²) in [5.74, 6) is 1.13. The van der Waals surface area contributed by atoms with Gasteiger partial charge in [0.25, 0.3) is 0 Å². The van der Waals surface area contributed by atoms with Crippen molar-refractivity contribution in [1.29, 1.82) is 0 Å². The van der Waals surface area contributed by atoms with Crippen molar-refractivity contribution in [2.75, 3.05) is 0 Å². The topological polar surface area (TPSA) is 9.23 Å². The first-order valence-corrected chi connectivity index (χ1v) is 8.94. The van der Waals surface area contributed by atoms with Crippen molar-refractivity contribution in [2.45, 2.75) is 65.1 Å². The lowest BCUT2D eigenvalue weighted by Gasteiger charge is -2.52. The van der Waals surface area contributed by atoms with Crippen LogP contribution in [0, 0.1) is 18.8 Å². The minimum Gasteiger partial charge on any atom is -0.366 e. The van der Waals surface area contributed by atoms with E-state index in [0.717, 1.165) is 12.8 Å². The molecule has 1 nitrogen and oxygen atoms in total. The lowest BCUT2D eigenvalue weighted by Crippen LogP contribution is -2.48. The minimum absolute atomic E-state index is 0.0516. The molecule has 2 fully saturated rings. The summed E-state index contributed by atoms with van der Waals surface area (Å²) < 4.78 is 6.78. The van der Waals surface area contributed by atoms with Gasteiger partial charge in [-0.3, -0.25) is 0 Å². The molecule has 1 aromatic rings. The van der Waals surface area contributed by atoms with Crippen LogP contribution in [0.4, 0.5) is 0 Å². The fourth-order valence-electron chi connectivity index (χ4n) is 4.17. The Bertz CT molecular complexity index is 605. The number of rotatable bonds is 3. The molecule has 4 atom stereocenters. The summed E-state index contributed by atoms with van der Waals surface area (Å²) in [5.41, 5.74) is 5.33. The zero-order chi connectivity index (χ0) is 16.6. The van der Waals surface area contributed by atoms with E-state index in [2.05, 4.69) is 64.6 Å². The van der Waals surface area contributed by atoms with Gasteiger partial charge < -0.3 is 4.74 Å². The molecule has 1 heteroatoms. The van der Waals surface area contributed by atoms with Gasteiger partial charge in [0.1, 0.15) is 0 Å². The lowest BCUT2D eigenvalue weighted by atomic mass is 9.65. The number of hydrogen-bond donors (Lipinski definition) is 0. The Hall–Kier alpha value is -1.34. The van der Waals surface area contributed by atoms with Crippen molar-refractivity contribution in [3.63, 3.8) is 0 Å². The van der Waals surface area contributed by atoms with Crippen LogP contribution in [0.3, 0.4) is 0 Å². The second kappa shape index (κ2) is 6.28. The maximum absolute atomic E-state index is 6.78. The summed E-state index contributed by atoms with van der Waals surface area (Å²) in [6.07, 6.45) is 7.13. The monoisotopic (exact) mass is 310 g/mol. The average molecular weight is 310 g/mol. The fourth-order valence-corrected chi connectivity index (χ4v) is 4.17. The first kappa shape index (κ1) is 16.5. The van der Waals surface area contributed by atoms with E-state index in [4.69, 9.17) is 4.74 Å². The Balaban J connectivity index is 1.92. The third-order valence-corrected chi connectivity index (χ3v) is 5.82. The molecule has 23 heavy (non-hydrogen) atoms. The molecule has 0 radical (unpaired) electrons. The minimum atomic E-state index is -0.0516. The van der Waals surface area contributed by atoms with E-state index in [1.807, 2.05) is 0 Å². The van der Waals surface area contributed by atoms with Crippen LogP contribution in [0.2, 0.25) is 0 Å². The van der Waals surface area contributed by atoms with E-state index in [9.17, 15) is 0 Å². The highest BCUT2D eigenvalue weighted by Crippen LogP contribution is 2.53. The van der Waals surface area contributed by atoms with Crippen molar-refractivity contribution in [3.05, 3.63) is 59.2 Å². The van der Waals surface area contributed by atoms with Gasteiger partial charge in [-0.25, -0.2) is 0 Å². The van der Waals surface area contributed by atoms with Crippen molar-refractivity contribution in [1.82, 2.24) is 0 Å². The first-order valence-electron chi connectivity index (χ1n) is 8.94. The number of benzene rings is 1. The smallest absolute Gasteiger partial charge is 0.0897 e. The van der Waals surface area contributed by atoms with E-state index in [1.54, 1.807) is 0 Å². The van der Waals surface area contributed by atoms with E-state index in [0.29, 0.717) is 11.8 Å². The zero-order valence-electron chi connectivity index (χ0n) is 15.1. The van der Waals surface area contributed by atoms with E-state index in [1.165, 1.54) is 35.1 Å². The van der Waals surface area contributed by atoms with Crippen molar-refractivity contribution < 1.29 is 4.74 Å². The molecule has 2 bridgehead atoms. The third-order valence-electron chi connectivity index (χ3n) is 5.82. The maximum Gasteiger partial charge on any atom is 0.0897 e. The molecule has 0 aromatic heterocycles. The predicted octanol–water partition coefficient (Wildman–Crippen LogP) is 6.15. The maximum atomic E-state index is 6.78. The Morgan fingerprint density at radius 1 is 1.30 bits per heavy atom. The highest BCUT2D eigenvalue weighted by atomic mass is 16.5. The number of ether oxygens (including phenoxy) is 1. The van der Waals surface area contributed by atoms with Crippen molar-refractivity contribution in [3.8, 4) is 0 Å². The van der Waals surface area contributed by atoms with Crippen LogP contribution in [0.5, 0.6) is 0 Å². The van der Waals surface area contributed by atoms with Crippen LogP contribution in [0.25, 0.3) is 0 Å². The highest BCUT2D eigenvalue weighted by molar-refractivity contribution is 5.28. The molecule has 0 amide bonds. The summed E-state index contributed by atoms with van der Waals surface area (Å²) >= 11 is 0. The molecule has 1 aliphatic heterocycles. The standard InChI is InChI=1S/C22H30O/c1-15(2)12-13-22(5)19-11-8-17(4)20(14-19)21(23-22)18-9-6-16(3)7-10-18/h6-7,9-10,12,19-21H,4,8,11,13-14H2,1-3,5H3/t19-,20-,21?,22?/m1/s1. The Labute approximate surface area is 141 Å². The van der Waals surface area contributed by atoms with Gasteiger partial charge in [0.05, 0.1) is 11.7 Å². The summed E-state index contributed by atoms with van der Waals surface area (Å²) in [6, 6.07) is 8.88. The predicted molar refractivity (Wildman–Crippen MR) is 97.4 cm³/mol. The normalized spacial score (nSPS) is 33.4. The van der Waals surface area contributed by atoms with Crippen molar-refractivity contribution >= 4 is 0 Å². The van der Waals surface area contributed by atoms with Crippen molar-refractivity contribution in [2.24, 2.45) is 11.8 Å². The van der Waals surface area contributed by atoms with Gasteiger partial charge in [-0.15, -0.1) is 0 Å². The third kappa shape index (κ3) is 3.30. The molecule has 0 N–H and O–H groups in total. The summed E-state index contributed by atoms with van der Waals surface area (Å²) in [6.45, 7) is 13.2. The lowest BCUT2D eigenvalue weighted by molar-refractivity contribution is -0.181. The van der Waals surface area contributed by atoms with Gasteiger partial charge in [-0.1, -0.05) is 53.6 Å². The van der Waals surface area contributed by atoms with E-state index >= 15 is 0 Å². The zero-order valence-corrected chi connectivity index (χ0v) is 15.1. The molecule has 124 valence electrons. The largest absolute Gasteiger partial charge is 0.366 e. The SMILES string of the molecule is C=C1CC[C@@H]2C[C@H]1C(c1ccc(C)cc1)OC2(C)CC=C(C)C.